The summed E-state index contributed by atoms with van der Waals surface area (Å²) < 4.78 is 28.2. The first kappa shape index (κ1) is 17.1. The van der Waals surface area contributed by atoms with Crippen molar-refractivity contribution in [3.63, 3.8) is 0 Å². The monoisotopic (exact) mass is 373 g/mol. The van der Waals surface area contributed by atoms with Crippen LogP contribution in [0.15, 0.2) is 58.9 Å². The van der Waals surface area contributed by atoms with Crippen LogP contribution in [0.25, 0.3) is 4.72 Å². The lowest BCUT2D eigenvalue weighted by molar-refractivity contribution is 0.103. The highest BCUT2D eigenvalue weighted by Crippen LogP contribution is 2.25. The number of sulfonamides is 1. The van der Waals surface area contributed by atoms with Gasteiger partial charge in [-0.05, 0) is 54.5 Å². The first-order chi connectivity index (χ1) is 11.9. The Kier molecular flexibility index (Phi) is 4.77. The number of hydrogen-bond acceptors (Lipinski definition) is 6. The van der Waals surface area contributed by atoms with E-state index in [9.17, 15) is 13.2 Å². The van der Waals surface area contributed by atoms with E-state index in [2.05, 4.69) is 20.0 Å². The van der Waals surface area contributed by atoms with Gasteiger partial charge in [0, 0.05) is 11.6 Å². The van der Waals surface area contributed by atoms with Gasteiger partial charge >= 0.3 is 0 Å². The summed E-state index contributed by atoms with van der Waals surface area (Å²) in [7, 11) is -3.93. The van der Waals surface area contributed by atoms with Crippen LogP contribution in [-0.2, 0) is 10.0 Å². The maximum atomic E-state index is 12.3. The zero-order chi connectivity index (χ0) is 17.9. The number of nitrogens with zero attached hydrogens (tertiary/aromatic N) is 3. The normalized spacial score (nSPS) is 11.1. The minimum atomic E-state index is -3.93. The number of hydrogen-bond donors (Lipinski definition) is 1. The van der Waals surface area contributed by atoms with Crippen LogP contribution in [0.4, 0.5) is 11.6 Å². The average molecular weight is 373 g/mol. The van der Waals surface area contributed by atoms with Crippen LogP contribution in [-0.4, -0.2) is 24.3 Å². The van der Waals surface area contributed by atoms with Crippen molar-refractivity contribution in [2.45, 2.75) is 11.8 Å². The van der Waals surface area contributed by atoms with Crippen LogP contribution in [0.1, 0.15) is 15.4 Å². The van der Waals surface area contributed by atoms with Gasteiger partial charge in [-0.2, -0.15) is 0 Å². The molecule has 0 aliphatic carbocycles. The molecule has 1 N–H and O–H groups in total. The highest BCUT2D eigenvalue weighted by atomic mass is 32.2. The van der Waals surface area contributed by atoms with E-state index in [0.29, 0.717) is 16.3 Å². The van der Waals surface area contributed by atoms with Gasteiger partial charge in [-0.3, -0.25) is 9.52 Å². The molecule has 0 radical (unpaired) electrons. The van der Waals surface area contributed by atoms with Crippen LogP contribution < -0.4 is 5.32 Å². The predicted molar refractivity (Wildman–Crippen MR) is 95.7 cm³/mol. The third-order valence-corrected chi connectivity index (χ3v) is 5.28. The number of amides is 1. The molecule has 0 unspecified atom stereocenters. The number of carbonyl (C=O) groups is 1. The second-order valence-corrected chi connectivity index (χ2v) is 7.57. The maximum Gasteiger partial charge on any atom is 0.265 e. The molecule has 1 amide bonds. The number of aromatic nitrogens is 2. The Morgan fingerprint density at radius 3 is 2.56 bits per heavy atom. The molecule has 0 saturated heterocycles. The van der Waals surface area contributed by atoms with E-state index in [1.165, 1.54) is 41.8 Å². The summed E-state index contributed by atoms with van der Waals surface area (Å²) in [5, 5.41) is 4.51. The topological polar surface area (TPSA) is 103 Å². The molecule has 2 aromatic heterocycles. The van der Waals surface area contributed by atoms with Gasteiger partial charge in [-0.15, -0.1) is 11.3 Å². The Bertz CT molecular complexity index is 984. The third-order valence-electron chi connectivity index (χ3n) is 3.14. The molecule has 3 rings (SSSR count). The van der Waals surface area contributed by atoms with Crippen LogP contribution >= 0.6 is 11.3 Å². The number of aryl methyl sites for hydroxylation is 1. The molecule has 2 heterocycles. The molecule has 0 atom stereocenters. The Balaban J connectivity index is 1.73. The number of carbonyl (C=O) groups excluding carboxylic acids is 1. The summed E-state index contributed by atoms with van der Waals surface area (Å²) in [6.45, 7) is 1.72. The number of rotatable bonds is 5. The molecule has 0 aliphatic heterocycles. The van der Waals surface area contributed by atoms with E-state index in [1.807, 2.05) is 0 Å². The lowest BCUT2D eigenvalue weighted by Gasteiger charge is -2.13. The SMILES string of the molecule is Cc1ccnc([N-]S(=O)(=O)c2ccc(NC(=O)c3cccs3)cc2)n1. The van der Waals surface area contributed by atoms with Crippen LogP contribution in [0.5, 0.6) is 0 Å². The third kappa shape index (κ3) is 4.20. The minimum Gasteiger partial charge on any atom is -0.366 e. The van der Waals surface area contributed by atoms with Crippen molar-refractivity contribution in [3.8, 4) is 0 Å². The molecular formula is C16H13N4O3S2-. The smallest absolute Gasteiger partial charge is 0.265 e. The summed E-state index contributed by atoms with van der Waals surface area (Å²) in [5.41, 5.74) is 1.11. The Labute approximate surface area is 148 Å². The zero-order valence-electron chi connectivity index (χ0n) is 13.1. The van der Waals surface area contributed by atoms with E-state index in [4.69, 9.17) is 0 Å². The molecule has 0 spiro atoms. The van der Waals surface area contributed by atoms with Gasteiger partial charge in [0.2, 0.25) is 10.0 Å². The Hall–Kier alpha value is -2.78. The summed E-state index contributed by atoms with van der Waals surface area (Å²) in [4.78, 5) is 20.3. The van der Waals surface area contributed by atoms with Crippen molar-refractivity contribution in [1.29, 1.82) is 0 Å². The first-order valence-corrected chi connectivity index (χ1v) is 9.49. The summed E-state index contributed by atoms with van der Waals surface area (Å²) >= 11 is 1.32. The van der Waals surface area contributed by atoms with Crippen molar-refractivity contribution < 1.29 is 13.2 Å². The number of benzene rings is 1. The standard InChI is InChI=1S/C16H14N4O3S2/c1-11-8-9-17-16(18-11)20-25(22,23)13-6-4-12(5-7-13)19-15(21)14-3-2-10-24-14/h2-10H,1H3,(H2,17,18,19,20,21)/p-1. The summed E-state index contributed by atoms with van der Waals surface area (Å²) in [6, 6.07) is 10.9. The maximum absolute atomic E-state index is 12.3. The fourth-order valence-electron chi connectivity index (χ4n) is 1.95. The molecule has 9 heteroatoms. The fraction of sp³-hybridized carbons (Fsp3) is 0.0625. The summed E-state index contributed by atoms with van der Waals surface area (Å²) in [6.07, 6.45) is 1.44. The summed E-state index contributed by atoms with van der Waals surface area (Å²) in [5.74, 6) is -0.362. The molecule has 3 aromatic rings. The second kappa shape index (κ2) is 6.99. The van der Waals surface area contributed by atoms with E-state index in [1.54, 1.807) is 30.5 Å². The van der Waals surface area contributed by atoms with Crippen molar-refractivity contribution in [2.24, 2.45) is 0 Å². The van der Waals surface area contributed by atoms with Gasteiger partial charge in [0.05, 0.1) is 9.77 Å². The van der Waals surface area contributed by atoms with Crippen molar-refractivity contribution in [1.82, 2.24) is 9.97 Å². The number of nitrogens with one attached hydrogen (secondary N) is 1. The zero-order valence-corrected chi connectivity index (χ0v) is 14.7. The lowest BCUT2D eigenvalue weighted by atomic mass is 10.3. The van der Waals surface area contributed by atoms with Gasteiger partial charge < -0.3 is 15.3 Å². The molecule has 0 fully saturated rings. The van der Waals surface area contributed by atoms with Crippen molar-refractivity contribution >= 4 is 38.9 Å². The second-order valence-electron chi connectivity index (χ2n) is 5.02. The molecule has 128 valence electrons. The van der Waals surface area contributed by atoms with Gasteiger partial charge in [-0.1, -0.05) is 12.1 Å². The van der Waals surface area contributed by atoms with Crippen LogP contribution in [0, 0.1) is 6.92 Å². The largest absolute Gasteiger partial charge is 0.366 e. The minimum absolute atomic E-state index is 0.00766. The van der Waals surface area contributed by atoms with E-state index < -0.39 is 10.0 Å². The van der Waals surface area contributed by atoms with E-state index in [-0.39, 0.29) is 16.8 Å². The van der Waals surface area contributed by atoms with Crippen LogP contribution in [0.2, 0.25) is 0 Å². The lowest BCUT2D eigenvalue weighted by Crippen LogP contribution is -2.10. The molecule has 0 aliphatic rings. The number of anilines is 1. The highest BCUT2D eigenvalue weighted by molar-refractivity contribution is 7.94. The average Bonchev–Trinajstić information content (AvgIpc) is 3.09. The Morgan fingerprint density at radius 1 is 1.16 bits per heavy atom. The fourth-order valence-corrected chi connectivity index (χ4v) is 3.46. The highest BCUT2D eigenvalue weighted by Gasteiger charge is 2.13. The van der Waals surface area contributed by atoms with Gasteiger partial charge in [0.1, 0.15) is 0 Å². The number of thiophene rings is 1. The Morgan fingerprint density at radius 2 is 1.92 bits per heavy atom. The van der Waals surface area contributed by atoms with Gasteiger partial charge in [-0.25, -0.2) is 8.42 Å². The van der Waals surface area contributed by atoms with Gasteiger partial charge in [0.25, 0.3) is 5.91 Å². The molecule has 25 heavy (non-hydrogen) atoms. The molecule has 0 bridgehead atoms. The van der Waals surface area contributed by atoms with Crippen LogP contribution in [0.3, 0.4) is 0 Å². The molecular weight excluding hydrogens is 360 g/mol. The van der Waals surface area contributed by atoms with E-state index in [0.717, 1.165) is 0 Å². The first-order valence-electron chi connectivity index (χ1n) is 7.17. The molecule has 1 aromatic carbocycles. The van der Waals surface area contributed by atoms with Crippen molar-refractivity contribution in [3.05, 3.63) is 69.3 Å². The molecule has 0 saturated carbocycles. The predicted octanol–water partition coefficient (Wildman–Crippen LogP) is 3.49. The van der Waals surface area contributed by atoms with Gasteiger partial charge in [0.15, 0.2) is 0 Å². The van der Waals surface area contributed by atoms with E-state index >= 15 is 0 Å². The molecule has 7 nitrogen and oxygen atoms in total. The van der Waals surface area contributed by atoms with Crippen molar-refractivity contribution in [2.75, 3.05) is 5.32 Å². The quantitative estimate of drug-likeness (QED) is 0.737.